The normalized spacial score (nSPS) is 12.4. The molecule has 5 nitrogen and oxygen atoms in total. The summed E-state index contributed by atoms with van der Waals surface area (Å²) in [6.07, 6.45) is 0.543. The molecular formula is C12H24N2O3. The topological polar surface area (TPSA) is 72.6 Å². The van der Waals surface area contributed by atoms with Gasteiger partial charge in [-0.1, -0.05) is 13.8 Å². The van der Waals surface area contributed by atoms with Crippen molar-refractivity contribution < 1.29 is 14.3 Å². The van der Waals surface area contributed by atoms with Gasteiger partial charge in [0.1, 0.15) is 0 Å². The molecule has 1 amide bonds. The third-order valence-electron chi connectivity index (χ3n) is 2.25. The van der Waals surface area contributed by atoms with Gasteiger partial charge in [0.15, 0.2) is 0 Å². The van der Waals surface area contributed by atoms with Crippen LogP contribution in [-0.4, -0.2) is 43.0 Å². The molecule has 100 valence electrons. The van der Waals surface area contributed by atoms with Crippen LogP contribution in [0.5, 0.6) is 0 Å². The van der Waals surface area contributed by atoms with Crippen LogP contribution in [0.25, 0.3) is 0 Å². The molecule has 5 heteroatoms. The van der Waals surface area contributed by atoms with Crippen molar-refractivity contribution in [3.8, 4) is 0 Å². The molecular weight excluding hydrogens is 220 g/mol. The van der Waals surface area contributed by atoms with Gasteiger partial charge in [0.25, 0.3) is 0 Å². The summed E-state index contributed by atoms with van der Waals surface area (Å²) < 4.78 is 4.56. The van der Waals surface area contributed by atoms with Gasteiger partial charge in [-0.25, -0.2) is 0 Å². The van der Waals surface area contributed by atoms with Crippen LogP contribution in [0.1, 0.15) is 33.6 Å². The minimum Gasteiger partial charge on any atom is -0.469 e. The monoisotopic (exact) mass is 244 g/mol. The molecule has 0 aliphatic heterocycles. The van der Waals surface area contributed by atoms with E-state index >= 15 is 0 Å². The number of hydrogen-bond donors (Lipinski definition) is 1. The number of hydrogen-bond acceptors (Lipinski definition) is 4. The Morgan fingerprint density at radius 2 is 1.88 bits per heavy atom. The van der Waals surface area contributed by atoms with Gasteiger partial charge in [0, 0.05) is 25.6 Å². The highest BCUT2D eigenvalue weighted by molar-refractivity contribution is 5.77. The van der Waals surface area contributed by atoms with E-state index in [0.29, 0.717) is 25.4 Å². The second-order valence-electron chi connectivity index (χ2n) is 4.74. The molecule has 0 aliphatic rings. The SMILES string of the molecule is COC(=O)CCN(CC(C)C)C(=O)CC(C)N. The van der Waals surface area contributed by atoms with E-state index in [2.05, 4.69) is 4.74 Å². The minimum absolute atomic E-state index is 0.00222. The first-order valence-corrected chi connectivity index (χ1v) is 5.97. The molecule has 0 aliphatic carbocycles. The van der Waals surface area contributed by atoms with Gasteiger partial charge in [0.2, 0.25) is 5.91 Å². The Balaban J connectivity index is 4.31. The lowest BCUT2D eigenvalue weighted by atomic mass is 10.1. The molecule has 0 spiro atoms. The van der Waals surface area contributed by atoms with Crippen molar-refractivity contribution in [3.63, 3.8) is 0 Å². The van der Waals surface area contributed by atoms with Crippen molar-refractivity contribution in [2.24, 2.45) is 11.7 Å². The fourth-order valence-corrected chi connectivity index (χ4v) is 1.49. The molecule has 0 aromatic rings. The van der Waals surface area contributed by atoms with Crippen LogP contribution in [0.15, 0.2) is 0 Å². The van der Waals surface area contributed by atoms with E-state index in [1.165, 1.54) is 7.11 Å². The van der Waals surface area contributed by atoms with Crippen LogP contribution < -0.4 is 5.73 Å². The Hall–Kier alpha value is -1.10. The highest BCUT2D eigenvalue weighted by atomic mass is 16.5. The number of carbonyl (C=O) groups is 2. The van der Waals surface area contributed by atoms with Crippen molar-refractivity contribution in [2.45, 2.75) is 39.7 Å². The van der Waals surface area contributed by atoms with Gasteiger partial charge in [0.05, 0.1) is 13.5 Å². The predicted molar refractivity (Wildman–Crippen MR) is 66.3 cm³/mol. The maximum atomic E-state index is 11.9. The van der Waals surface area contributed by atoms with Crippen LogP contribution >= 0.6 is 0 Å². The van der Waals surface area contributed by atoms with Crippen molar-refractivity contribution in [1.82, 2.24) is 4.90 Å². The van der Waals surface area contributed by atoms with E-state index < -0.39 is 0 Å². The second-order valence-corrected chi connectivity index (χ2v) is 4.74. The number of nitrogens with two attached hydrogens (primary N) is 1. The first kappa shape index (κ1) is 15.9. The number of rotatable bonds is 7. The van der Waals surface area contributed by atoms with Crippen LogP contribution in [0.3, 0.4) is 0 Å². The molecule has 0 aromatic heterocycles. The summed E-state index contributed by atoms with van der Waals surface area (Å²) in [5, 5.41) is 0. The zero-order chi connectivity index (χ0) is 13.4. The van der Waals surface area contributed by atoms with E-state index in [-0.39, 0.29) is 24.3 Å². The molecule has 0 bridgehead atoms. The molecule has 1 unspecified atom stereocenters. The van der Waals surface area contributed by atoms with E-state index in [4.69, 9.17) is 5.73 Å². The van der Waals surface area contributed by atoms with Crippen LogP contribution in [0, 0.1) is 5.92 Å². The standard InChI is InChI=1S/C12H24N2O3/c1-9(2)8-14(6-5-12(16)17-4)11(15)7-10(3)13/h9-10H,5-8,13H2,1-4H3. The summed E-state index contributed by atoms with van der Waals surface area (Å²) in [6.45, 7) is 6.90. The van der Waals surface area contributed by atoms with E-state index in [0.717, 1.165) is 0 Å². The van der Waals surface area contributed by atoms with Crippen molar-refractivity contribution >= 4 is 11.9 Å². The highest BCUT2D eigenvalue weighted by Crippen LogP contribution is 2.04. The van der Waals surface area contributed by atoms with Gasteiger partial charge in [-0.3, -0.25) is 9.59 Å². The molecule has 0 saturated heterocycles. The third-order valence-corrected chi connectivity index (χ3v) is 2.25. The highest BCUT2D eigenvalue weighted by Gasteiger charge is 2.17. The van der Waals surface area contributed by atoms with Crippen molar-refractivity contribution in [1.29, 1.82) is 0 Å². The van der Waals surface area contributed by atoms with Gasteiger partial charge < -0.3 is 15.4 Å². The van der Waals surface area contributed by atoms with Crippen molar-refractivity contribution in [2.75, 3.05) is 20.2 Å². The zero-order valence-corrected chi connectivity index (χ0v) is 11.2. The number of esters is 1. The Kier molecular flexibility index (Phi) is 7.54. The number of amides is 1. The average Bonchev–Trinajstić information content (AvgIpc) is 2.21. The first-order chi connectivity index (χ1) is 7.86. The predicted octanol–water partition coefficient (Wildman–Crippen LogP) is 0.771. The van der Waals surface area contributed by atoms with E-state index in [9.17, 15) is 9.59 Å². The summed E-state index contributed by atoms with van der Waals surface area (Å²) in [4.78, 5) is 24.6. The maximum absolute atomic E-state index is 11.9. The largest absolute Gasteiger partial charge is 0.469 e. The molecule has 2 N–H and O–H groups in total. The average molecular weight is 244 g/mol. The molecule has 0 radical (unpaired) electrons. The molecule has 1 atom stereocenters. The summed E-state index contributed by atoms with van der Waals surface area (Å²) in [7, 11) is 1.35. The molecule has 17 heavy (non-hydrogen) atoms. The maximum Gasteiger partial charge on any atom is 0.307 e. The van der Waals surface area contributed by atoms with Crippen LogP contribution in [0.4, 0.5) is 0 Å². The summed E-state index contributed by atoms with van der Waals surface area (Å²) in [6, 6.07) is -0.157. The number of carbonyl (C=O) groups excluding carboxylic acids is 2. The fourth-order valence-electron chi connectivity index (χ4n) is 1.49. The van der Waals surface area contributed by atoms with Crippen molar-refractivity contribution in [3.05, 3.63) is 0 Å². The second kappa shape index (κ2) is 8.06. The Bertz CT molecular complexity index is 252. The zero-order valence-electron chi connectivity index (χ0n) is 11.2. The van der Waals surface area contributed by atoms with Gasteiger partial charge in [-0.15, -0.1) is 0 Å². The van der Waals surface area contributed by atoms with Gasteiger partial charge in [-0.2, -0.15) is 0 Å². The number of methoxy groups -OCH3 is 1. The molecule has 0 saturated carbocycles. The Labute approximate surface area is 103 Å². The van der Waals surface area contributed by atoms with Gasteiger partial charge >= 0.3 is 5.97 Å². The molecule has 0 fully saturated rings. The fraction of sp³-hybridized carbons (Fsp3) is 0.833. The lowest BCUT2D eigenvalue weighted by Gasteiger charge is -2.25. The van der Waals surface area contributed by atoms with E-state index in [1.54, 1.807) is 11.8 Å². The van der Waals surface area contributed by atoms with Crippen LogP contribution in [0.2, 0.25) is 0 Å². The van der Waals surface area contributed by atoms with Crippen LogP contribution in [-0.2, 0) is 14.3 Å². The molecule has 0 aromatic carbocycles. The first-order valence-electron chi connectivity index (χ1n) is 5.97. The molecule has 0 rings (SSSR count). The van der Waals surface area contributed by atoms with Gasteiger partial charge in [-0.05, 0) is 12.8 Å². The lowest BCUT2D eigenvalue weighted by Crippen LogP contribution is -2.38. The molecule has 0 heterocycles. The van der Waals surface area contributed by atoms with E-state index in [1.807, 2.05) is 13.8 Å². The number of nitrogens with zero attached hydrogens (tertiary/aromatic N) is 1. The minimum atomic E-state index is -0.299. The summed E-state index contributed by atoms with van der Waals surface area (Å²) in [5.41, 5.74) is 5.60. The smallest absolute Gasteiger partial charge is 0.307 e. The number of ether oxygens (including phenoxy) is 1. The summed E-state index contributed by atoms with van der Waals surface area (Å²) >= 11 is 0. The quantitative estimate of drug-likeness (QED) is 0.671. The summed E-state index contributed by atoms with van der Waals surface area (Å²) in [5.74, 6) is 0.0645. The Morgan fingerprint density at radius 3 is 2.29 bits per heavy atom. The Morgan fingerprint density at radius 1 is 1.29 bits per heavy atom. The third kappa shape index (κ3) is 7.74. The lowest BCUT2D eigenvalue weighted by molar-refractivity contribution is -0.141.